The summed E-state index contributed by atoms with van der Waals surface area (Å²) < 4.78 is 0. The van der Waals surface area contributed by atoms with Crippen molar-refractivity contribution in [2.45, 2.75) is 13.0 Å². The van der Waals surface area contributed by atoms with E-state index in [1.165, 1.54) is 11.1 Å². The Labute approximate surface area is 109 Å². The maximum absolute atomic E-state index is 5.11. The zero-order valence-corrected chi connectivity index (χ0v) is 11.1. The lowest BCUT2D eigenvalue weighted by atomic mass is 10.0. The molecule has 18 heavy (non-hydrogen) atoms. The van der Waals surface area contributed by atoms with Gasteiger partial charge in [0.25, 0.3) is 0 Å². The minimum atomic E-state index is 0.583. The fourth-order valence-corrected chi connectivity index (χ4v) is 2.37. The van der Waals surface area contributed by atoms with E-state index in [0.29, 0.717) is 6.61 Å². The summed E-state index contributed by atoms with van der Waals surface area (Å²) in [4.78, 5) is 9.58. The Balaban J connectivity index is 1.95. The van der Waals surface area contributed by atoms with Gasteiger partial charge in [-0.3, -0.25) is 4.90 Å². The van der Waals surface area contributed by atoms with Crippen LogP contribution >= 0.6 is 0 Å². The predicted octanol–water partition coefficient (Wildman–Crippen LogP) is 0.867. The molecule has 4 heteroatoms. The number of nitrogens with two attached hydrogens (primary N) is 1. The topological polar surface area (TPSA) is 41.7 Å². The molecule has 0 radical (unpaired) electrons. The van der Waals surface area contributed by atoms with Crippen molar-refractivity contribution < 1.29 is 4.84 Å². The number of nitrogens with zero attached hydrogens (tertiary/aromatic N) is 2. The molecule has 1 aliphatic rings. The molecule has 0 atom stereocenters. The Morgan fingerprint density at radius 1 is 1.11 bits per heavy atom. The number of rotatable bonds is 5. The van der Waals surface area contributed by atoms with Crippen molar-refractivity contribution in [3.63, 3.8) is 0 Å². The van der Waals surface area contributed by atoms with Gasteiger partial charge in [0.15, 0.2) is 0 Å². The number of hydrogen-bond donors (Lipinski definition) is 1. The van der Waals surface area contributed by atoms with Crippen LogP contribution in [-0.4, -0.2) is 49.6 Å². The average Bonchev–Trinajstić information content (AvgIpc) is 2.40. The second-order valence-corrected chi connectivity index (χ2v) is 4.97. The van der Waals surface area contributed by atoms with Crippen LogP contribution in [0.5, 0.6) is 0 Å². The minimum absolute atomic E-state index is 0.583. The lowest BCUT2D eigenvalue weighted by Crippen LogP contribution is -2.44. The van der Waals surface area contributed by atoms with Crippen LogP contribution in [0.25, 0.3) is 0 Å². The van der Waals surface area contributed by atoms with E-state index in [1.807, 2.05) is 0 Å². The molecule has 1 aliphatic heterocycles. The summed E-state index contributed by atoms with van der Waals surface area (Å²) in [5, 5.41) is 0. The molecular formula is C14H23N3O. The highest BCUT2D eigenvalue weighted by atomic mass is 16.6. The normalized spacial score (nSPS) is 18.1. The van der Waals surface area contributed by atoms with Gasteiger partial charge < -0.3 is 9.74 Å². The summed E-state index contributed by atoms with van der Waals surface area (Å²) in [5.41, 5.74) is 2.75. The first-order valence-electron chi connectivity index (χ1n) is 6.59. The van der Waals surface area contributed by atoms with Crippen LogP contribution in [-0.2, 0) is 17.8 Å². The molecule has 0 saturated carbocycles. The summed E-state index contributed by atoms with van der Waals surface area (Å²) in [7, 11) is 2.18. The van der Waals surface area contributed by atoms with Gasteiger partial charge in [-0.05, 0) is 24.6 Å². The maximum atomic E-state index is 5.11. The fourth-order valence-electron chi connectivity index (χ4n) is 2.37. The third kappa shape index (κ3) is 3.78. The number of piperazine rings is 1. The SMILES string of the molecule is CN1CCN(Cc2ccccc2CCON)CC1. The molecule has 4 nitrogen and oxygen atoms in total. The van der Waals surface area contributed by atoms with Crippen molar-refractivity contribution in [1.82, 2.24) is 9.80 Å². The molecule has 1 aromatic rings. The highest BCUT2D eigenvalue weighted by Gasteiger charge is 2.14. The lowest BCUT2D eigenvalue weighted by Gasteiger charge is -2.32. The monoisotopic (exact) mass is 249 g/mol. The molecule has 100 valence electrons. The van der Waals surface area contributed by atoms with E-state index in [4.69, 9.17) is 5.90 Å². The van der Waals surface area contributed by atoms with Gasteiger partial charge in [-0.15, -0.1) is 0 Å². The molecule has 2 rings (SSSR count). The van der Waals surface area contributed by atoms with Crippen LogP contribution in [0.15, 0.2) is 24.3 Å². The Morgan fingerprint density at radius 2 is 1.78 bits per heavy atom. The summed E-state index contributed by atoms with van der Waals surface area (Å²) in [6, 6.07) is 8.58. The van der Waals surface area contributed by atoms with E-state index in [9.17, 15) is 0 Å². The predicted molar refractivity (Wildman–Crippen MR) is 73.1 cm³/mol. The summed E-state index contributed by atoms with van der Waals surface area (Å²) in [6.07, 6.45) is 0.889. The van der Waals surface area contributed by atoms with Crippen molar-refractivity contribution in [3.8, 4) is 0 Å². The standard InChI is InChI=1S/C14H23N3O/c1-16-7-9-17(10-8-16)12-14-5-3-2-4-13(14)6-11-18-15/h2-5H,6-12,15H2,1H3. The molecule has 0 amide bonds. The van der Waals surface area contributed by atoms with Crippen LogP contribution < -0.4 is 5.90 Å². The zero-order chi connectivity index (χ0) is 12.8. The van der Waals surface area contributed by atoms with Crippen molar-refractivity contribution in [2.24, 2.45) is 5.90 Å². The Kier molecular flexibility index (Phi) is 5.13. The second kappa shape index (κ2) is 6.85. The minimum Gasteiger partial charge on any atom is -0.304 e. The fraction of sp³-hybridized carbons (Fsp3) is 0.571. The largest absolute Gasteiger partial charge is 0.304 e. The number of likely N-dealkylation sites (N-methyl/N-ethyl adjacent to an activating group) is 1. The molecule has 1 aromatic carbocycles. The van der Waals surface area contributed by atoms with Crippen LogP contribution in [0.4, 0.5) is 0 Å². The first-order chi connectivity index (χ1) is 8.79. The average molecular weight is 249 g/mol. The first kappa shape index (κ1) is 13.5. The van der Waals surface area contributed by atoms with Gasteiger partial charge >= 0.3 is 0 Å². The molecule has 0 unspecified atom stereocenters. The van der Waals surface area contributed by atoms with Crippen LogP contribution in [0, 0.1) is 0 Å². The van der Waals surface area contributed by atoms with E-state index in [-0.39, 0.29) is 0 Å². The van der Waals surface area contributed by atoms with E-state index in [1.54, 1.807) is 0 Å². The smallest absolute Gasteiger partial charge is 0.0719 e. The van der Waals surface area contributed by atoms with Gasteiger partial charge in [0.2, 0.25) is 0 Å². The molecule has 1 saturated heterocycles. The first-order valence-corrected chi connectivity index (χ1v) is 6.59. The van der Waals surface area contributed by atoms with Gasteiger partial charge in [0, 0.05) is 32.7 Å². The Bertz CT molecular complexity index is 362. The molecule has 0 aliphatic carbocycles. The van der Waals surface area contributed by atoms with Crippen molar-refractivity contribution in [3.05, 3.63) is 35.4 Å². The van der Waals surface area contributed by atoms with E-state index >= 15 is 0 Å². The molecule has 0 bridgehead atoms. The second-order valence-electron chi connectivity index (χ2n) is 4.97. The zero-order valence-electron chi connectivity index (χ0n) is 11.1. The molecule has 2 N–H and O–H groups in total. The molecule has 0 spiro atoms. The quantitative estimate of drug-likeness (QED) is 0.786. The van der Waals surface area contributed by atoms with Gasteiger partial charge in [-0.1, -0.05) is 24.3 Å². The van der Waals surface area contributed by atoms with Crippen LogP contribution in [0.3, 0.4) is 0 Å². The molecule has 1 fully saturated rings. The molecular weight excluding hydrogens is 226 g/mol. The number of benzene rings is 1. The van der Waals surface area contributed by atoms with Gasteiger partial charge in [0.05, 0.1) is 6.61 Å². The maximum Gasteiger partial charge on any atom is 0.0719 e. The van der Waals surface area contributed by atoms with Gasteiger partial charge in [0.1, 0.15) is 0 Å². The van der Waals surface area contributed by atoms with Gasteiger partial charge in [-0.25, -0.2) is 5.90 Å². The molecule has 1 heterocycles. The number of hydrogen-bond acceptors (Lipinski definition) is 4. The van der Waals surface area contributed by atoms with E-state index in [0.717, 1.165) is 39.1 Å². The van der Waals surface area contributed by atoms with E-state index < -0.39 is 0 Å². The summed E-state index contributed by atoms with van der Waals surface area (Å²) in [6.45, 7) is 6.24. The summed E-state index contributed by atoms with van der Waals surface area (Å²) in [5.74, 6) is 5.11. The third-order valence-electron chi connectivity index (χ3n) is 3.60. The van der Waals surface area contributed by atoms with Gasteiger partial charge in [-0.2, -0.15) is 0 Å². The Morgan fingerprint density at radius 3 is 2.44 bits per heavy atom. The van der Waals surface area contributed by atoms with E-state index in [2.05, 4.69) is 46.0 Å². The van der Waals surface area contributed by atoms with Crippen LogP contribution in [0.1, 0.15) is 11.1 Å². The lowest BCUT2D eigenvalue weighted by molar-refractivity contribution is 0.139. The van der Waals surface area contributed by atoms with Crippen molar-refractivity contribution in [1.29, 1.82) is 0 Å². The van der Waals surface area contributed by atoms with Crippen molar-refractivity contribution in [2.75, 3.05) is 39.8 Å². The highest BCUT2D eigenvalue weighted by molar-refractivity contribution is 5.27. The molecule has 0 aromatic heterocycles. The highest BCUT2D eigenvalue weighted by Crippen LogP contribution is 2.13. The van der Waals surface area contributed by atoms with Crippen molar-refractivity contribution >= 4 is 0 Å². The van der Waals surface area contributed by atoms with Crippen LogP contribution in [0.2, 0.25) is 0 Å². The summed E-state index contributed by atoms with van der Waals surface area (Å²) >= 11 is 0. The Hall–Kier alpha value is -0.940. The third-order valence-corrected chi connectivity index (χ3v) is 3.60.